The van der Waals surface area contributed by atoms with E-state index in [1.807, 2.05) is 18.2 Å². The quantitative estimate of drug-likeness (QED) is 0.753. The van der Waals surface area contributed by atoms with Gasteiger partial charge in [-0.05, 0) is 23.3 Å². The Morgan fingerprint density at radius 2 is 1.64 bits per heavy atom. The third-order valence-corrected chi connectivity index (χ3v) is 4.68. The number of alkyl halides is 3. The van der Waals surface area contributed by atoms with Gasteiger partial charge >= 0.3 is 6.18 Å². The number of hydrogen-bond acceptors (Lipinski definition) is 4. The smallest absolute Gasteiger partial charge is 0.422 e. The summed E-state index contributed by atoms with van der Waals surface area (Å²) in [6.07, 6.45) is -4.34. The van der Waals surface area contributed by atoms with Crippen LogP contribution in [0.3, 0.4) is 0 Å². The lowest BCUT2D eigenvalue weighted by molar-refractivity contribution is -0.153. The Balaban J connectivity index is 1.52. The van der Waals surface area contributed by atoms with Gasteiger partial charge in [0.05, 0.1) is 6.07 Å². The molecule has 1 saturated heterocycles. The summed E-state index contributed by atoms with van der Waals surface area (Å²) in [5.74, 6) is 0.198. The predicted molar refractivity (Wildman–Crippen MR) is 99.5 cm³/mol. The van der Waals surface area contributed by atoms with E-state index in [-0.39, 0.29) is 11.8 Å². The summed E-state index contributed by atoms with van der Waals surface area (Å²) in [5.41, 5.74) is 2.17. The average molecular weight is 389 g/mol. The van der Waals surface area contributed by atoms with Crippen molar-refractivity contribution in [1.29, 1.82) is 5.26 Å². The van der Waals surface area contributed by atoms with E-state index in [1.54, 1.807) is 24.3 Å². The van der Waals surface area contributed by atoms with E-state index in [4.69, 9.17) is 4.74 Å². The molecule has 0 aromatic heterocycles. The SMILES string of the molecule is N#C[C@H]1CN(Cc2ccc(OCC(F)(F)F)cc2)CCN1Cc1ccccc1. The number of piperazine rings is 1. The second-order valence-electron chi connectivity index (χ2n) is 6.88. The van der Waals surface area contributed by atoms with Gasteiger partial charge in [0.1, 0.15) is 11.8 Å². The second-order valence-corrected chi connectivity index (χ2v) is 6.88. The Hall–Kier alpha value is -2.56. The van der Waals surface area contributed by atoms with Crippen LogP contribution in [0.25, 0.3) is 0 Å². The van der Waals surface area contributed by atoms with Crippen molar-refractivity contribution < 1.29 is 17.9 Å². The fourth-order valence-electron chi connectivity index (χ4n) is 3.26. The first-order valence-electron chi connectivity index (χ1n) is 9.11. The predicted octanol–water partition coefficient (Wildman–Crippen LogP) is 3.84. The molecule has 0 radical (unpaired) electrons. The van der Waals surface area contributed by atoms with Gasteiger partial charge in [0.2, 0.25) is 0 Å². The molecular weight excluding hydrogens is 367 g/mol. The molecule has 0 bridgehead atoms. The van der Waals surface area contributed by atoms with Gasteiger partial charge in [-0.3, -0.25) is 9.80 Å². The van der Waals surface area contributed by atoms with Crippen molar-refractivity contribution in [2.24, 2.45) is 0 Å². The normalized spacial score (nSPS) is 18.6. The van der Waals surface area contributed by atoms with Crippen LogP contribution in [-0.4, -0.2) is 48.3 Å². The van der Waals surface area contributed by atoms with Crippen LogP contribution in [0.5, 0.6) is 5.75 Å². The van der Waals surface area contributed by atoms with E-state index in [0.29, 0.717) is 13.1 Å². The minimum atomic E-state index is -4.34. The van der Waals surface area contributed by atoms with Gasteiger partial charge in [-0.15, -0.1) is 0 Å². The summed E-state index contributed by atoms with van der Waals surface area (Å²) in [6, 6.07) is 18.9. The van der Waals surface area contributed by atoms with Crippen molar-refractivity contribution in [3.05, 3.63) is 65.7 Å². The molecule has 4 nitrogen and oxygen atoms in total. The maximum absolute atomic E-state index is 12.2. The van der Waals surface area contributed by atoms with Crippen LogP contribution >= 0.6 is 0 Å². The second kappa shape index (κ2) is 9.09. The Morgan fingerprint density at radius 3 is 2.29 bits per heavy atom. The highest BCUT2D eigenvalue weighted by molar-refractivity contribution is 5.27. The van der Waals surface area contributed by atoms with Crippen LogP contribution in [0.15, 0.2) is 54.6 Å². The van der Waals surface area contributed by atoms with Gasteiger partial charge in [0, 0.05) is 32.7 Å². The summed E-state index contributed by atoms with van der Waals surface area (Å²) < 4.78 is 41.4. The summed E-state index contributed by atoms with van der Waals surface area (Å²) in [4.78, 5) is 4.38. The molecule has 3 rings (SSSR count). The molecule has 7 heteroatoms. The van der Waals surface area contributed by atoms with Gasteiger partial charge in [-0.2, -0.15) is 18.4 Å². The van der Waals surface area contributed by atoms with E-state index < -0.39 is 12.8 Å². The summed E-state index contributed by atoms with van der Waals surface area (Å²) >= 11 is 0. The van der Waals surface area contributed by atoms with E-state index in [1.165, 1.54) is 5.56 Å². The van der Waals surface area contributed by atoms with Gasteiger partial charge < -0.3 is 4.74 Å². The van der Waals surface area contributed by atoms with E-state index in [0.717, 1.165) is 25.2 Å². The van der Waals surface area contributed by atoms with Crippen molar-refractivity contribution in [2.75, 3.05) is 26.2 Å². The van der Waals surface area contributed by atoms with E-state index in [9.17, 15) is 18.4 Å². The zero-order valence-electron chi connectivity index (χ0n) is 15.4. The molecule has 1 fully saturated rings. The average Bonchev–Trinajstić information content (AvgIpc) is 2.69. The molecule has 28 heavy (non-hydrogen) atoms. The Labute approximate surface area is 162 Å². The van der Waals surface area contributed by atoms with Crippen molar-refractivity contribution in [2.45, 2.75) is 25.3 Å². The first-order chi connectivity index (χ1) is 13.4. The fraction of sp³-hybridized carbons (Fsp3) is 0.381. The highest BCUT2D eigenvalue weighted by Gasteiger charge is 2.29. The molecule has 0 unspecified atom stereocenters. The molecule has 0 aliphatic carbocycles. The molecule has 0 saturated carbocycles. The van der Waals surface area contributed by atoms with E-state index >= 15 is 0 Å². The molecule has 1 aliphatic rings. The molecule has 1 aliphatic heterocycles. The van der Waals surface area contributed by atoms with Crippen LogP contribution in [0.4, 0.5) is 13.2 Å². The maximum atomic E-state index is 12.2. The van der Waals surface area contributed by atoms with Crippen molar-refractivity contribution in [3.8, 4) is 11.8 Å². The minimum Gasteiger partial charge on any atom is -0.484 e. The highest BCUT2D eigenvalue weighted by atomic mass is 19.4. The lowest BCUT2D eigenvalue weighted by Crippen LogP contribution is -2.51. The fourth-order valence-corrected chi connectivity index (χ4v) is 3.26. The Morgan fingerprint density at radius 1 is 0.964 bits per heavy atom. The van der Waals surface area contributed by atoms with Gasteiger partial charge in [0.25, 0.3) is 0 Å². The molecule has 148 valence electrons. The van der Waals surface area contributed by atoms with Gasteiger partial charge in [-0.25, -0.2) is 0 Å². The first kappa shape index (κ1) is 20.2. The van der Waals surface area contributed by atoms with Gasteiger partial charge in [0.15, 0.2) is 6.61 Å². The molecule has 0 N–H and O–H groups in total. The number of rotatable bonds is 6. The number of benzene rings is 2. The zero-order valence-corrected chi connectivity index (χ0v) is 15.4. The maximum Gasteiger partial charge on any atom is 0.422 e. The number of nitrogens with zero attached hydrogens (tertiary/aromatic N) is 3. The van der Waals surface area contributed by atoms with Gasteiger partial charge in [-0.1, -0.05) is 42.5 Å². The Kier molecular flexibility index (Phi) is 6.55. The topological polar surface area (TPSA) is 39.5 Å². The largest absolute Gasteiger partial charge is 0.484 e. The number of nitriles is 1. The zero-order chi connectivity index (χ0) is 20.0. The van der Waals surface area contributed by atoms with Crippen molar-refractivity contribution in [1.82, 2.24) is 9.80 Å². The number of hydrogen-bond donors (Lipinski definition) is 0. The number of ether oxygens (including phenoxy) is 1. The monoisotopic (exact) mass is 389 g/mol. The third kappa shape index (κ3) is 5.98. The van der Waals surface area contributed by atoms with Crippen LogP contribution < -0.4 is 4.74 Å². The molecule has 2 aromatic carbocycles. The lowest BCUT2D eigenvalue weighted by atomic mass is 10.1. The molecule has 1 atom stereocenters. The first-order valence-corrected chi connectivity index (χ1v) is 9.11. The molecule has 0 spiro atoms. The van der Waals surface area contributed by atoms with Crippen LogP contribution in [-0.2, 0) is 13.1 Å². The highest BCUT2D eigenvalue weighted by Crippen LogP contribution is 2.20. The van der Waals surface area contributed by atoms with E-state index in [2.05, 4.69) is 28.0 Å². The molecule has 0 amide bonds. The standard InChI is InChI=1S/C21H22F3N3O/c22-21(23,24)16-28-20-8-6-18(7-9-20)13-26-10-11-27(19(12-25)15-26)14-17-4-2-1-3-5-17/h1-9,19H,10-11,13-16H2/t19-/m0/s1. The summed E-state index contributed by atoms with van der Waals surface area (Å²) in [7, 11) is 0. The minimum absolute atomic E-state index is 0.191. The molecular formula is C21H22F3N3O. The summed E-state index contributed by atoms with van der Waals surface area (Å²) in [6.45, 7) is 2.36. The molecule has 1 heterocycles. The Bertz CT molecular complexity index is 787. The summed E-state index contributed by atoms with van der Waals surface area (Å²) in [5, 5.41) is 9.56. The van der Waals surface area contributed by atoms with Crippen LogP contribution in [0, 0.1) is 11.3 Å². The lowest BCUT2D eigenvalue weighted by Gasteiger charge is -2.38. The van der Waals surface area contributed by atoms with Crippen molar-refractivity contribution in [3.63, 3.8) is 0 Å². The number of halogens is 3. The van der Waals surface area contributed by atoms with Crippen LogP contribution in [0.1, 0.15) is 11.1 Å². The molecule has 2 aromatic rings. The van der Waals surface area contributed by atoms with Crippen molar-refractivity contribution >= 4 is 0 Å². The third-order valence-electron chi connectivity index (χ3n) is 4.68. The van der Waals surface area contributed by atoms with Crippen LogP contribution in [0.2, 0.25) is 0 Å².